The summed E-state index contributed by atoms with van der Waals surface area (Å²) in [7, 11) is 0. The van der Waals surface area contributed by atoms with Crippen LogP contribution >= 0.6 is 23.4 Å². The van der Waals surface area contributed by atoms with E-state index in [1.165, 1.54) is 0 Å². The summed E-state index contributed by atoms with van der Waals surface area (Å²) in [6.07, 6.45) is -0.633. The maximum Gasteiger partial charge on any atom is 0.265 e. The van der Waals surface area contributed by atoms with Gasteiger partial charge in [0, 0.05) is 14.8 Å². The number of hydrogen-bond acceptors (Lipinski definition) is 3. The van der Waals surface area contributed by atoms with Crippen molar-refractivity contribution in [3.63, 3.8) is 0 Å². The number of rotatable bonds is 6. The van der Waals surface area contributed by atoms with E-state index in [-0.39, 0.29) is 5.91 Å². The molecule has 3 rings (SSSR count). The summed E-state index contributed by atoms with van der Waals surface area (Å²) in [4.78, 5) is 14.6. The van der Waals surface area contributed by atoms with Gasteiger partial charge in [0.05, 0.1) is 5.69 Å². The highest BCUT2D eigenvalue weighted by Gasteiger charge is 2.16. The van der Waals surface area contributed by atoms with Gasteiger partial charge in [-0.05, 0) is 55.5 Å². The number of hydrogen-bond donors (Lipinski definition) is 1. The molecule has 26 heavy (non-hydrogen) atoms. The smallest absolute Gasteiger partial charge is 0.265 e. The number of halogens is 1. The van der Waals surface area contributed by atoms with Crippen LogP contribution in [0.2, 0.25) is 5.02 Å². The minimum Gasteiger partial charge on any atom is -0.481 e. The summed E-state index contributed by atoms with van der Waals surface area (Å²) >= 11 is 7.47. The highest BCUT2D eigenvalue weighted by molar-refractivity contribution is 7.99. The van der Waals surface area contributed by atoms with Crippen molar-refractivity contribution < 1.29 is 9.53 Å². The number of nitrogens with one attached hydrogen (secondary N) is 1. The predicted octanol–water partition coefficient (Wildman–Crippen LogP) is 5.90. The van der Waals surface area contributed by atoms with Crippen molar-refractivity contribution >= 4 is 35.0 Å². The largest absolute Gasteiger partial charge is 0.481 e. The SMILES string of the molecule is C[C@@H](Oc1ccc(Cl)cc1)C(=O)Nc1ccccc1Sc1ccccc1. The number of carbonyl (C=O) groups is 1. The van der Waals surface area contributed by atoms with E-state index in [9.17, 15) is 4.79 Å². The molecule has 1 N–H and O–H groups in total. The van der Waals surface area contributed by atoms with Crippen LogP contribution in [-0.4, -0.2) is 12.0 Å². The Morgan fingerprint density at radius 3 is 2.35 bits per heavy atom. The van der Waals surface area contributed by atoms with E-state index in [0.717, 1.165) is 15.5 Å². The quantitative estimate of drug-likeness (QED) is 0.576. The average Bonchev–Trinajstić information content (AvgIpc) is 2.66. The molecule has 0 saturated heterocycles. The zero-order valence-corrected chi connectivity index (χ0v) is 15.8. The van der Waals surface area contributed by atoms with Crippen molar-refractivity contribution in [2.24, 2.45) is 0 Å². The molecule has 0 bridgehead atoms. The Morgan fingerprint density at radius 2 is 1.62 bits per heavy atom. The lowest BCUT2D eigenvalue weighted by Gasteiger charge is -2.16. The first-order valence-electron chi connectivity index (χ1n) is 8.17. The number of para-hydroxylation sites is 1. The molecular weight excluding hydrogens is 366 g/mol. The van der Waals surface area contributed by atoms with Crippen LogP contribution in [0.3, 0.4) is 0 Å². The summed E-state index contributed by atoms with van der Waals surface area (Å²) in [5, 5.41) is 3.58. The fraction of sp³-hybridized carbons (Fsp3) is 0.0952. The fourth-order valence-corrected chi connectivity index (χ4v) is 3.33. The fourth-order valence-electron chi connectivity index (χ4n) is 2.28. The Morgan fingerprint density at radius 1 is 0.962 bits per heavy atom. The minimum atomic E-state index is -0.633. The zero-order valence-electron chi connectivity index (χ0n) is 14.2. The van der Waals surface area contributed by atoms with E-state index in [1.807, 2.05) is 54.6 Å². The second-order valence-electron chi connectivity index (χ2n) is 5.61. The van der Waals surface area contributed by atoms with Gasteiger partial charge in [0.15, 0.2) is 6.10 Å². The minimum absolute atomic E-state index is 0.207. The third-order valence-corrected chi connectivity index (χ3v) is 4.95. The van der Waals surface area contributed by atoms with Crippen LogP contribution < -0.4 is 10.1 Å². The lowest BCUT2D eigenvalue weighted by Crippen LogP contribution is -2.30. The maximum absolute atomic E-state index is 12.5. The van der Waals surface area contributed by atoms with Crippen molar-refractivity contribution in [1.82, 2.24) is 0 Å². The first-order chi connectivity index (χ1) is 12.6. The van der Waals surface area contributed by atoms with E-state index in [4.69, 9.17) is 16.3 Å². The van der Waals surface area contributed by atoms with Gasteiger partial charge in [0.2, 0.25) is 0 Å². The van der Waals surface area contributed by atoms with Crippen molar-refractivity contribution in [3.8, 4) is 5.75 Å². The molecule has 3 nitrogen and oxygen atoms in total. The van der Waals surface area contributed by atoms with Gasteiger partial charge in [-0.15, -0.1) is 0 Å². The van der Waals surface area contributed by atoms with Crippen LogP contribution in [-0.2, 0) is 4.79 Å². The zero-order chi connectivity index (χ0) is 18.4. The van der Waals surface area contributed by atoms with Gasteiger partial charge in [-0.2, -0.15) is 0 Å². The van der Waals surface area contributed by atoms with E-state index in [0.29, 0.717) is 10.8 Å². The third-order valence-electron chi connectivity index (χ3n) is 3.61. The van der Waals surface area contributed by atoms with Crippen LogP contribution in [0.4, 0.5) is 5.69 Å². The molecule has 0 aliphatic rings. The normalized spacial score (nSPS) is 11.6. The van der Waals surface area contributed by atoms with Gasteiger partial charge in [0.25, 0.3) is 5.91 Å². The molecule has 1 atom stereocenters. The molecular formula is C21H18ClNO2S. The van der Waals surface area contributed by atoms with Gasteiger partial charge in [-0.25, -0.2) is 0 Å². The monoisotopic (exact) mass is 383 g/mol. The molecule has 132 valence electrons. The Kier molecular flexibility index (Phi) is 6.21. The maximum atomic E-state index is 12.5. The molecule has 3 aromatic carbocycles. The third kappa shape index (κ3) is 5.04. The van der Waals surface area contributed by atoms with Crippen LogP contribution in [0.15, 0.2) is 88.7 Å². The molecule has 0 spiro atoms. The van der Waals surface area contributed by atoms with E-state index >= 15 is 0 Å². The molecule has 1 amide bonds. The Labute approximate surface area is 162 Å². The molecule has 3 aromatic rings. The number of amides is 1. The summed E-state index contributed by atoms with van der Waals surface area (Å²) < 4.78 is 5.68. The van der Waals surface area contributed by atoms with E-state index < -0.39 is 6.10 Å². The van der Waals surface area contributed by atoms with Gasteiger partial charge < -0.3 is 10.1 Å². The van der Waals surface area contributed by atoms with Gasteiger partial charge in [-0.1, -0.05) is 53.7 Å². The average molecular weight is 384 g/mol. The highest BCUT2D eigenvalue weighted by Crippen LogP contribution is 2.33. The summed E-state index contributed by atoms with van der Waals surface area (Å²) in [6.45, 7) is 1.72. The number of benzene rings is 3. The Balaban J connectivity index is 1.68. The van der Waals surface area contributed by atoms with Crippen molar-refractivity contribution in [2.75, 3.05) is 5.32 Å². The summed E-state index contributed by atoms with van der Waals surface area (Å²) in [5.41, 5.74) is 0.762. The highest BCUT2D eigenvalue weighted by atomic mass is 35.5. The Bertz CT molecular complexity index is 869. The second kappa shape index (κ2) is 8.79. The van der Waals surface area contributed by atoms with Crippen molar-refractivity contribution in [2.45, 2.75) is 22.8 Å². The van der Waals surface area contributed by atoms with Crippen molar-refractivity contribution in [1.29, 1.82) is 0 Å². The molecule has 0 radical (unpaired) electrons. The van der Waals surface area contributed by atoms with Gasteiger partial charge in [-0.3, -0.25) is 4.79 Å². The number of carbonyl (C=O) groups excluding carboxylic acids is 1. The van der Waals surface area contributed by atoms with Gasteiger partial charge in [0.1, 0.15) is 5.75 Å². The molecule has 0 aromatic heterocycles. The lowest BCUT2D eigenvalue weighted by molar-refractivity contribution is -0.122. The molecule has 0 aliphatic carbocycles. The lowest BCUT2D eigenvalue weighted by atomic mass is 10.3. The van der Waals surface area contributed by atoms with Crippen LogP contribution in [0.5, 0.6) is 5.75 Å². The van der Waals surface area contributed by atoms with E-state index in [2.05, 4.69) is 5.32 Å². The molecule has 0 aliphatic heterocycles. The molecule has 0 heterocycles. The second-order valence-corrected chi connectivity index (χ2v) is 7.17. The van der Waals surface area contributed by atoms with E-state index in [1.54, 1.807) is 43.0 Å². The topological polar surface area (TPSA) is 38.3 Å². The van der Waals surface area contributed by atoms with Crippen LogP contribution in [0.25, 0.3) is 0 Å². The number of anilines is 1. The molecule has 0 fully saturated rings. The summed E-state index contributed by atoms with van der Waals surface area (Å²) in [6, 6.07) is 24.7. The van der Waals surface area contributed by atoms with Crippen molar-refractivity contribution in [3.05, 3.63) is 83.9 Å². The van der Waals surface area contributed by atoms with Crippen LogP contribution in [0, 0.1) is 0 Å². The van der Waals surface area contributed by atoms with Gasteiger partial charge >= 0.3 is 0 Å². The molecule has 0 saturated carbocycles. The Hall–Kier alpha value is -2.43. The van der Waals surface area contributed by atoms with Crippen LogP contribution in [0.1, 0.15) is 6.92 Å². The standard InChI is InChI=1S/C21H18ClNO2S/c1-15(25-17-13-11-16(22)12-14-17)21(24)23-19-9-5-6-10-20(19)26-18-7-3-2-4-8-18/h2-15H,1H3,(H,23,24)/t15-/m1/s1. The molecule has 0 unspecified atom stereocenters. The molecule has 5 heteroatoms. The first kappa shape index (κ1) is 18.4. The number of ether oxygens (including phenoxy) is 1. The first-order valence-corrected chi connectivity index (χ1v) is 9.36. The summed E-state index contributed by atoms with van der Waals surface area (Å²) in [5.74, 6) is 0.394. The predicted molar refractivity (Wildman–Crippen MR) is 107 cm³/mol.